The van der Waals surface area contributed by atoms with Gasteiger partial charge in [-0.3, -0.25) is 14.5 Å². The zero-order chi connectivity index (χ0) is 20.4. The molecule has 28 heavy (non-hydrogen) atoms. The molecule has 2 aromatic rings. The van der Waals surface area contributed by atoms with E-state index in [-0.39, 0.29) is 37.3 Å². The molecule has 0 saturated heterocycles. The van der Waals surface area contributed by atoms with Crippen LogP contribution in [0.5, 0.6) is 0 Å². The van der Waals surface area contributed by atoms with Gasteiger partial charge in [0.1, 0.15) is 0 Å². The Morgan fingerprint density at radius 2 is 1.11 bits per heavy atom. The van der Waals surface area contributed by atoms with Crippen molar-refractivity contribution in [2.75, 3.05) is 6.54 Å². The monoisotopic (exact) mass is 382 g/mol. The smallest absolute Gasteiger partial charge is 0.273 e. The number of fused-ring (bicyclic) bond motifs is 1. The van der Waals surface area contributed by atoms with Crippen molar-refractivity contribution in [3.8, 4) is 0 Å². The molecule has 1 aliphatic rings. The second-order valence-electron chi connectivity index (χ2n) is 6.11. The van der Waals surface area contributed by atoms with Gasteiger partial charge in [0.05, 0.1) is 30.8 Å². The number of allylic oxidation sites excluding steroid dienone is 2. The Bertz CT molecular complexity index is 1080. The fourth-order valence-electron chi connectivity index (χ4n) is 3.09. The number of rotatable bonds is 7. The van der Waals surface area contributed by atoms with Crippen LogP contribution in [0, 0.1) is 0 Å². The van der Waals surface area contributed by atoms with Crippen LogP contribution in [-0.4, -0.2) is 37.0 Å². The van der Waals surface area contributed by atoms with E-state index in [2.05, 4.69) is 13.2 Å². The van der Waals surface area contributed by atoms with Gasteiger partial charge in [0.25, 0.3) is 11.8 Å². The van der Waals surface area contributed by atoms with E-state index in [1.807, 2.05) is 0 Å². The van der Waals surface area contributed by atoms with Gasteiger partial charge in [0, 0.05) is 6.54 Å². The quantitative estimate of drug-likeness (QED) is 0.489. The molecular weight excluding hydrogens is 364 g/mol. The number of hydrogen-bond acceptors (Lipinski definition) is 5. The third-order valence-electron chi connectivity index (χ3n) is 4.43. The van der Waals surface area contributed by atoms with Crippen LogP contribution >= 0.6 is 0 Å². The Hall–Kier alpha value is -3.75. The van der Waals surface area contributed by atoms with Crippen LogP contribution in [0.15, 0.2) is 64.0 Å². The van der Waals surface area contributed by atoms with Crippen LogP contribution in [0.25, 0.3) is 0 Å². The van der Waals surface area contributed by atoms with Crippen LogP contribution in [-0.2, 0) is 19.6 Å². The Labute approximate surface area is 159 Å². The molecular formula is C19H18N4O5. The first kappa shape index (κ1) is 19.0. The minimum absolute atomic E-state index is 0.0812. The van der Waals surface area contributed by atoms with Gasteiger partial charge < -0.3 is 0 Å². The van der Waals surface area contributed by atoms with Gasteiger partial charge in [0.15, 0.2) is 0 Å². The van der Waals surface area contributed by atoms with Crippen molar-refractivity contribution in [3.05, 3.63) is 92.2 Å². The summed E-state index contributed by atoms with van der Waals surface area (Å²) in [6.45, 7) is 6.43. The minimum Gasteiger partial charge on any atom is -0.273 e. The van der Waals surface area contributed by atoms with Gasteiger partial charge in [-0.05, 0) is 12.1 Å². The van der Waals surface area contributed by atoms with Gasteiger partial charge in [-0.25, -0.2) is 28.1 Å². The number of aromatic nitrogens is 3. The van der Waals surface area contributed by atoms with E-state index < -0.39 is 28.9 Å². The molecule has 0 radical (unpaired) electrons. The van der Waals surface area contributed by atoms with E-state index in [0.29, 0.717) is 0 Å². The lowest BCUT2D eigenvalue weighted by molar-refractivity contribution is 0.0647. The summed E-state index contributed by atoms with van der Waals surface area (Å²) in [6.07, 6.45) is 2.72. The summed E-state index contributed by atoms with van der Waals surface area (Å²) in [5.74, 6) is -0.973. The van der Waals surface area contributed by atoms with E-state index in [4.69, 9.17) is 0 Å². The van der Waals surface area contributed by atoms with E-state index in [9.17, 15) is 24.0 Å². The van der Waals surface area contributed by atoms with Crippen LogP contribution < -0.4 is 17.1 Å². The fourth-order valence-corrected chi connectivity index (χ4v) is 3.09. The predicted octanol–water partition coefficient (Wildman–Crippen LogP) is -0.160. The summed E-state index contributed by atoms with van der Waals surface area (Å²) in [5, 5.41) is 0. The van der Waals surface area contributed by atoms with Gasteiger partial charge in [-0.2, -0.15) is 0 Å². The lowest BCUT2D eigenvalue weighted by atomic mass is 10.1. The number of carbonyl (C=O) groups excluding carboxylic acids is 2. The molecule has 0 aliphatic carbocycles. The number of amides is 2. The summed E-state index contributed by atoms with van der Waals surface area (Å²) in [7, 11) is 0. The molecule has 9 nitrogen and oxygen atoms in total. The lowest BCUT2D eigenvalue weighted by Crippen LogP contribution is -2.55. The van der Waals surface area contributed by atoms with Crippen molar-refractivity contribution in [3.63, 3.8) is 0 Å². The average Bonchev–Trinajstić information content (AvgIpc) is 2.93. The summed E-state index contributed by atoms with van der Waals surface area (Å²) in [5.41, 5.74) is -1.87. The third-order valence-corrected chi connectivity index (χ3v) is 4.43. The summed E-state index contributed by atoms with van der Waals surface area (Å²) in [6, 6.07) is 6.39. The van der Waals surface area contributed by atoms with Crippen LogP contribution in [0.3, 0.4) is 0 Å². The predicted molar refractivity (Wildman–Crippen MR) is 101 cm³/mol. The molecule has 0 bridgehead atoms. The highest BCUT2D eigenvalue weighted by atomic mass is 16.2. The molecule has 144 valence electrons. The number of nitrogens with zero attached hydrogens (tertiary/aromatic N) is 4. The number of hydrogen-bond donors (Lipinski definition) is 0. The average molecular weight is 382 g/mol. The van der Waals surface area contributed by atoms with E-state index in [0.717, 1.165) is 18.6 Å². The molecule has 1 aromatic carbocycles. The Morgan fingerprint density at radius 3 is 1.54 bits per heavy atom. The highest BCUT2D eigenvalue weighted by molar-refractivity contribution is 6.21. The molecule has 0 spiro atoms. The zero-order valence-corrected chi connectivity index (χ0v) is 15.0. The first-order chi connectivity index (χ1) is 13.4. The number of imide groups is 1. The molecule has 0 N–H and O–H groups in total. The lowest BCUT2D eigenvalue weighted by Gasteiger charge is -2.16. The molecule has 3 rings (SSSR count). The first-order valence-corrected chi connectivity index (χ1v) is 8.53. The highest BCUT2D eigenvalue weighted by Crippen LogP contribution is 2.21. The van der Waals surface area contributed by atoms with Crippen molar-refractivity contribution in [2.24, 2.45) is 0 Å². The van der Waals surface area contributed by atoms with Crippen LogP contribution in [0.4, 0.5) is 0 Å². The van der Waals surface area contributed by atoms with Gasteiger partial charge in [-0.15, -0.1) is 13.2 Å². The van der Waals surface area contributed by atoms with Gasteiger partial charge in [-0.1, -0.05) is 24.3 Å². The molecule has 0 atom stereocenters. The molecule has 9 heteroatoms. The van der Waals surface area contributed by atoms with Crippen LogP contribution in [0.1, 0.15) is 20.7 Å². The van der Waals surface area contributed by atoms with Crippen molar-refractivity contribution < 1.29 is 9.59 Å². The van der Waals surface area contributed by atoms with E-state index >= 15 is 0 Å². The zero-order valence-electron chi connectivity index (χ0n) is 15.0. The maximum Gasteiger partial charge on any atom is 0.336 e. The fraction of sp³-hybridized carbons (Fsp3) is 0.211. The standard InChI is InChI=1S/C19H18N4O5/c1-3-9-21-17(26)22(10-4-2)19(28)23(18(21)27)12-11-20-15(24)13-7-5-6-8-14(13)16(20)25/h3-8H,1-2,9-12H2. The molecule has 0 saturated carbocycles. The molecule has 2 heterocycles. The van der Waals surface area contributed by atoms with Crippen molar-refractivity contribution >= 4 is 11.8 Å². The second-order valence-corrected chi connectivity index (χ2v) is 6.11. The normalized spacial score (nSPS) is 12.9. The number of benzene rings is 1. The summed E-state index contributed by atoms with van der Waals surface area (Å²) in [4.78, 5) is 63.4. The van der Waals surface area contributed by atoms with E-state index in [1.54, 1.807) is 24.3 Å². The Balaban J connectivity index is 1.98. The van der Waals surface area contributed by atoms with Gasteiger partial charge in [0.2, 0.25) is 0 Å². The van der Waals surface area contributed by atoms with Crippen molar-refractivity contribution in [1.82, 2.24) is 18.6 Å². The minimum atomic E-state index is -0.827. The largest absolute Gasteiger partial charge is 0.336 e. The Kier molecular flexibility index (Phi) is 5.08. The maximum atomic E-state index is 12.6. The molecule has 2 amide bonds. The third kappa shape index (κ3) is 2.96. The second kappa shape index (κ2) is 7.47. The number of carbonyl (C=O) groups is 2. The topological polar surface area (TPSA) is 103 Å². The summed E-state index contributed by atoms with van der Waals surface area (Å²) < 4.78 is 2.55. The van der Waals surface area contributed by atoms with E-state index in [1.165, 1.54) is 12.2 Å². The Morgan fingerprint density at radius 1 is 0.679 bits per heavy atom. The SMILES string of the molecule is C=CCn1c(=O)n(CC=C)c(=O)n(CCN2C(=O)c3ccccc3C2=O)c1=O. The molecule has 1 aliphatic heterocycles. The van der Waals surface area contributed by atoms with Crippen molar-refractivity contribution in [1.29, 1.82) is 0 Å². The summed E-state index contributed by atoms with van der Waals surface area (Å²) >= 11 is 0. The molecule has 0 unspecified atom stereocenters. The molecule has 1 aromatic heterocycles. The first-order valence-electron chi connectivity index (χ1n) is 8.53. The highest BCUT2D eigenvalue weighted by Gasteiger charge is 2.34. The maximum absolute atomic E-state index is 12.6. The van der Waals surface area contributed by atoms with Gasteiger partial charge >= 0.3 is 17.1 Å². The van der Waals surface area contributed by atoms with Crippen molar-refractivity contribution in [2.45, 2.75) is 19.6 Å². The molecule has 0 fully saturated rings. The van der Waals surface area contributed by atoms with Crippen LogP contribution in [0.2, 0.25) is 0 Å².